The lowest BCUT2D eigenvalue weighted by molar-refractivity contribution is 1.08. The zero-order chi connectivity index (χ0) is 26.5. The molecule has 0 aliphatic heterocycles. The van der Waals surface area contributed by atoms with E-state index in [1.165, 1.54) is 21.5 Å². The number of aromatic nitrogens is 4. The smallest absolute Gasteiger partial charge is 0.164 e. The fourth-order valence-corrected chi connectivity index (χ4v) is 5.61. The van der Waals surface area contributed by atoms with Crippen molar-refractivity contribution in [3.63, 3.8) is 0 Å². The minimum atomic E-state index is 0.656. The Morgan fingerprint density at radius 3 is 1.95 bits per heavy atom. The third-order valence-corrected chi connectivity index (χ3v) is 7.59. The molecule has 0 atom stereocenters. The van der Waals surface area contributed by atoms with Gasteiger partial charge in [0.2, 0.25) is 0 Å². The van der Waals surface area contributed by atoms with Crippen molar-refractivity contribution in [2.24, 2.45) is 0 Å². The monoisotopic (exact) mass is 510 g/mol. The van der Waals surface area contributed by atoms with E-state index in [9.17, 15) is 0 Å². The summed E-state index contributed by atoms with van der Waals surface area (Å²) in [5, 5.41) is 9.32. The Morgan fingerprint density at radius 2 is 1.05 bits per heavy atom. The molecular weight excluding hydrogens is 488 g/mol. The van der Waals surface area contributed by atoms with Gasteiger partial charge in [-0.2, -0.15) is 0 Å². The third kappa shape index (κ3) is 3.69. The Hall–Kier alpha value is -5.48. The van der Waals surface area contributed by atoms with Crippen LogP contribution >= 0.6 is 0 Å². The van der Waals surface area contributed by atoms with Gasteiger partial charge in [0.25, 0.3) is 0 Å². The number of hydrogen-bond acceptors (Lipinski definition) is 4. The molecule has 186 valence electrons. The zero-order valence-corrected chi connectivity index (χ0v) is 21.5. The Kier molecular flexibility index (Phi) is 5.10. The first-order chi connectivity index (χ1) is 19.8. The Bertz CT molecular complexity index is 2220. The predicted molar refractivity (Wildman–Crippen MR) is 164 cm³/mol. The second-order valence-electron chi connectivity index (χ2n) is 9.96. The van der Waals surface area contributed by atoms with Crippen molar-refractivity contribution in [1.82, 2.24) is 19.9 Å². The Labute approximate surface area is 230 Å². The molecule has 0 spiro atoms. The number of pyridine rings is 1. The highest BCUT2D eigenvalue weighted by Crippen LogP contribution is 2.36. The molecule has 0 amide bonds. The normalized spacial score (nSPS) is 11.5. The van der Waals surface area contributed by atoms with Crippen LogP contribution in [0.1, 0.15) is 0 Å². The molecule has 0 aliphatic rings. The predicted octanol–water partition coefficient (Wildman–Crippen LogP) is 8.88. The van der Waals surface area contributed by atoms with Gasteiger partial charge in [0.05, 0.1) is 0 Å². The zero-order valence-electron chi connectivity index (χ0n) is 21.5. The van der Waals surface area contributed by atoms with E-state index in [4.69, 9.17) is 15.0 Å². The summed E-state index contributed by atoms with van der Waals surface area (Å²) < 4.78 is 0. The topological polar surface area (TPSA) is 51.6 Å². The lowest BCUT2D eigenvalue weighted by Gasteiger charge is -2.12. The summed E-state index contributed by atoms with van der Waals surface area (Å²) in [4.78, 5) is 19.4. The molecule has 0 saturated carbocycles. The molecule has 0 aliphatic carbocycles. The molecule has 0 unspecified atom stereocenters. The minimum Gasteiger partial charge on any atom is -0.264 e. The Morgan fingerprint density at radius 1 is 0.375 bits per heavy atom. The van der Waals surface area contributed by atoms with Crippen molar-refractivity contribution < 1.29 is 0 Å². The summed E-state index contributed by atoms with van der Waals surface area (Å²) in [6.45, 7) is 0. The first-order valence-electron chi connectivity index (χ1n) is 13.3. The van der Waals surface area contributed by atoms with Gasteiger partial charge >= 0.3 is 0 Å². The Balaban J connectivity index is 1.38. The first-order valence-corrected chi connectivity index (χ1v) is 13.3. The second kappa shape index (κ2) is 9.07. The maximum Gasteiger partial charge on any atom is 0.164 e. The van der Waals surface area contributed by atoms with Crippen LogP contribution in [0.25, 0.3) is 77.3 Å². The molecule has 0 radical (unpaired) electrons. The van der Waals surface area contributed by atoms with Gasteiger partial charge in [-0.05, 0) is 49.8 Å². The van der Waals surface area contributed by atoms with Gasteiger partial charge in [0.1, 0.15) is 0 Å². The van der Waals surface area contributed by atoms with Crippen molar-refractivity contribution in [2.45, 2.75) is 0 Å². The summed E-state index contributed by atoms with van der Waals surface area (Å²) in [7, 11) is 0. The largest absolute Gasteiger partial charge is 0.264 e. The van der Waals surface area contributed by atoms with E-state index < -0.39 is 0 Å². The summed E-state index contributed by atoms with van der Waals surface area (Å²) >= 11 is 0. The van der Waals surface area contributed by atoms with Crippen molar-refractivity contribution in [2.75, 3.05) is 0 Å². The number of nitrogens with zero attached hydrogens (tertiary/aromatic N) is 4. The number of rotatable bonds is 3. The summed E-state index contributed by atoms with van der Waals surface area (Å²) in [5.41, 5.74) is 2.90. The summed E-state index contributed by atoms with van der Waals surface area (Å²) in [5.74, 6) is 1.97. The lowest BCUT2D eigenvalue weighted by Crippen LogP contribution is -2.00. The average Bonchev–Trinajstić information content (AvgIpc) is 3.04. The molecule has 40 heavy (non-hydrogen) atoms. The SMILES string of the molecule is c1ccc(-c2nc(-c3ccc4ccccc4c3)nc(-c3cccc4c3ccc3c5cnccc5ccc43)n2)cc1. The number of fused-ring (bicyclic) bond motifs is 6. The van der Waals surface area contributed by atoms with Crippen LogP contribution in [0.2, 0.25) is 0 Å². The maximum absolute atomic E-state index is 5.05. The quantitative estimate of drug-likeness (QED) is 0.223. The van der Waals surface area contributed by atoms with E-state index in [0.717, 1.165) is 38.2 Å². The third-order valence-electron chi connectivity index (χ3n) is 7.59. The van der Waals surface area contributed by atoms with Crippen molar-refractivity contribution in [3.8, 4) is 34.2 Å². The number of benzene rings is 6. The van der Waals surface area contributed by atoms with Crippen LogP contribution in [0, 0.1) is 0 Å². The van der Waals surface area contributed by atoms with E-state index in [1.807, 2.05) is 42.7 Å². The molecule has 0 saturated heterocycles. The van der Waals surface area contributed by atoms with E-state index in [2.05, 4.69) is 96.0 Å². The molecule has 6 aromatic carbocycles. The van der Waals surface area contributed by atoms with Gasteiger partial charge < -0.3 is 0 Å². The van der Waals surface area contributed by atoms with Gasteiger partial charge in [-0.3, -0.25) is 4.98 Å². The molecule has 8 aromatic rings. The van der Waals surface area contributed by atoms with Crippen LogP contribution in [0.4, 0.5) is 0 Å². The lowest BCUT2D eigenvalue weighted by atomic mass is 9.95. The fraction of sp³-hybridized carbons (Fsp3) is 0. The van der Waals surface area contributed by atoms with Gasteiger partial charge in [-0.25, -0.2) is 15.0 Å². The van der Waals surface area contributed by atoms with Crippen LogP contribution < -0.4 is 0 Å². The molecule has 4 nitrogen and oxygen atoms in total. The molecule has 0 bridgehead atoms. The standard InChI is InChI=1S/C36H22N4/c1-2-8-25(9-3-1)34-38-35(27-14-13-23-7-4-5-10-26(23)21-27)40-36(39-34)32-12-6-11-28-29-16-15-24-19-20-37-22-33(24)31(29)18-17-30(28)32/h1-22H. The van der Waals surface area contributed by atoms with Crippen molar-refractivity contribution in [1.29, 1.82) is 0 Å². The first kappa shape index (κ1) is 22.5. The van der Waals surface area contributed by atoms with Crippen LogP contribution in [0.15, 0.2) is 134 Å². The fourth-order valence-electron chi connectivity index (χ4n) is 5.61. The maximum atomic E-state index is 5.05. The van der Waals surface area contributed by atoms with Crippen molar-refractivity contribution >= 4 is 43.1 Å². The van der Waals surface area contributed by atoms with E-state index in [0.29, 0.717) is 17.5 Å². The van der Waals surface area contributed by atoms with Gasteiger partial charge in [-0.15, -0.1) is 0 Å². The molecular formula is C36H22N4. The van der Waals surface area contributed by atoms with Crippen LogP contribution in [0.5, 0.6) is 0 Å². The highest BCUT2D eigenvalue weighted by molar-refractivity contribution is 6.19. The average molecular weight is 511 g/mol. The molecule has 2 heterocycles. The molecule has 0 N–H and O–H groups in total. The van der Waals surface area contributed by atoms with E-state index in [-0.39, 0.29) is 0 Å². The highest BCUT2D eigenvalue weighted by atomic mass is 15.0. The summed E-state index contributed by atoms with van der Waals surface area (Å²) in [6, 6.07) is 42.0. The molecule has 2 aromatic heterocycles. The van der Waals surface area contributed by atoms with Crippen molar-refractivity contribution in [3.05, 3.63) is 134 Å². The molecule has 0 fully saturated rings. The van der Waals surface area contributed by atoms with Gasteiger partial charge in [0.15, 0.2) is 17.5 Å². The number of hydrogen-bond donors (Lipinski definition) is 0. The van der Waals surface area contributed by atoms with Gasteiger partial charge in [0, 0.05) is 34.5 Å². The van der Waals surface area contributed by atoms with Crippen LogP contribution in [-0.2, 0) is 0 Å². The highest BCUT2D eigenvalue weighted by Gasteiger charge is 2.15. The van der Waals surface area contributed by atoms with E-state index in [1.54, 1.807) is 0 Å². The second-order valence-corrected chi connectivity index (χ2v) is 9.96. The molecule has 4 heteroatoms. The van der Waals surface area contributed by atoms with E-state index >= 15 is 0 Å². The molecule has 8 rings (SSSR count). The summed E-state index contributed by atoms with van der Waals surface area (Å²) in [6.07, 6.45) is 3.78. The van der Waals surface area contributed by atoms with Gasteiger partial charge in [-0.1, -0.05) is 109 Å². The van der Waals surface area contributed by atoms with Crippen LogP contribution in [0.3, 0.4) is 0 Å². The van der Waals surface area contributed by atoms with Crippen LogP contribution in [-0.4, -0.2) is 19.9 Å². The minimum absolute atomic E-state index is 0.656.